The highest BCUT2D eigenvalue weighted by Gasteiger charge is 2.22. The number of carbonyl (C=O) groups excluding carboxylic acids is 1. The highest BCUT2D eigenvalue weighted by molar-refractivity contribution is 5.94. The average Bonchev–Trinajstić information content (AvgIpc) is 2.64. The number of esters is 1. The Balaban J connectivity index is 1.92. The quantitative estimate of drug-likeness (QED) is 0.850. The van der Waals surface area contributed by atoms with Crippen LogP contribution >= 0.6 is 0 Å². The van der Waals surface area contributed by atoms with Crippen molar-refractivity contribution >= 4 is 16.9 Å². The van der Waals surface area contributed by atoms with Gasteiger partial charge in [-0.2, -0.15) is 0 Å². The summed E-state index contributed by atoms with van der Waals surface area (Å²) in [6, 6.07) is 5.55. The number of likely N-dealkylation sites (tertiary alicyclic amines) is 1. The number of nitrogens with zero attached hydrogens (tertiary/aromatic N) is 2. The van der Waals surface area contributed by atoms with Crippen molar-refractivity contribution in [3.05, 3.63) is 45.2 Å². The van der Waals surface area contributed by atoms with Crippen molar-refractivity contribution in [2.45, 2.75) is 32.4 Å². The fraction of sp³-hybridized carbons (Fsp3) is 0.500. The lowest BCUT2D eigenvalue weighted by molar-refractivity contribution is 0.0601. The number of hydrogen-bond acceptors (Lipinski definition) is 5. The zero-order valence-corrected chi connectivity index (χ0v) is 16.0. The number of fused-ring (bicyclic) bond motifs is 1. The fourth-order valence-corrected chi connectivity index (χ4v) is 3.70. The maximum absolute atomic E-state index is 13.1. The van der Waals surface area contributed by atoms with Crippen LogP contribution in [0.4, 0.5) is 0 Å². The predicted octanol–water partition coefficient (Wildman–Crippen LogP) is 2.15. The molecule has 3 rings (SSSR count). The van der Waals surface area contributed by atoms with Crippen LogP contribution in [-0.4, -0.2) is 61.1 Å². The number of benzene rings is 1. The molecule has 26 heavy (non-hydrogen) atoms. The van der Waals surface area contributed by atoms with Crippen molar-refractivity contribution in [3.63, 3.8) is 0 Å². The highest BCUT2D eigenvalue weighted by atomic mass is 16.5. The van der Waals surface area contributed by atoms with Gasteiger partial charge in [0, 0.05) is 34.7 Å². The predicted molar refractivity (Wildman–Crippen MR) is 103 cm³/mol. The van der Waals surface area contributed by atoms with Crippen LogP contribution in [0.1, 0.15) is 34.5 Å². The van der Waals surface area contributed by atoms with Gasteiger partial charge in [-0.15, -0.1) is 0 Å². The van der Waals surface area contributed by atoms with E-state index in [1.807, 2.05) is 6.92 Å². The van der Waals surface area contributed by atoms with Gasteiger partial charge in [-0.05, 0) is 65.1 Å². The Morgan fingerprint density at radius 3 is 2.69 bits per heavy atom. The monoisotopic (exact) mass is 357 g/mol. The Kier molecular flexibility index (Phi) is 5.44. The molecule has 140 valence electrons. The van der Waals surface area contributed by atoms with E-state index >= 15 is 0 Å². The summed E-state index contributed by atoms with van der Waals surface area (Å²) >= 11 is 0. The first-order valence-electron chi connectivity index (χ1n) is 9.03. The first-order valence-corrected chi connectivity index (χ1v) is 9.03. The standard InChI is InChI=1S/C20H27N3O3/c1-13-17(12-23(3)15-7-9-22(2)10-8-15)19(24)16-11-14(20(25)26-4)5-6-18(16)21-13/h5-6,11,15H,7-10,12H2,1-4H3,(H,21,24). The normalized spacial score (nSPS) is 16.3. The molecule has 0 saturated carbocycles. The van der Waals surface area contributed by atoms with E-state index in [0.717, 1.165) is 42.7 Å². The van der Waals surface area contributed by atoms with Gasteiger partial charge in [-0.1, -0.05) is 0 Å². The molecule has 0 atom stereocenters. The van der Waals surface area contributed by atoms with Crippen LogP contribution in [-0.2, 0) is 11.3 Å². The number of carbonyl (C=O) groups is 1. The van der Waals surface area contributed by atoms with Gasteiger partial charge >= 0.3 is 5.97 Å². The number of aromatic amines is 1. The molecule has 0 radical (unpaired) electrons. The van der Waals surface area contributed by atoms with Crippen LogP contribution in [0.15, 0.2) is 23.0 Å². The molecular formula is C20H27N3O3. The van der Waals surface area contributed by atoms with E-state index in [9.17, 15) is 9.59 Å². The van der Waals surface area contributed by atoms with Crippen LogP contribution in [0.5, 0.6) is 0 Å². The van der Waals surface area contributed by atoms with Crippen molar-refractivity contribution < 1.29 is 9.53 Å². The molecule has 2 aromatic rings. The minimum absolute atomic E-state index is 0.0122. The summed E-state index contributed by atoms with van der Waals surface area (Å²) < 4.78 is 4.77. The van der Waals surface area contributed by atoms with Gasteiger partial charge in [0.15, 0.2) is 5.43 Å². The van der Waals surface area contributed by atoms with Crippen LogP contribution in [0.2, 0.25) is 0 Å². The molecule has 6 nitrogen and oxygen atoms in total. The lowest BCUT2D eigenvalue weighted by atomic mass is 10.0. The first-order chi connectivity index (χ1) is 12.4. The van der Waals surface area contributed by atoms with Crippen molar-refractivity contribution in [3.8, 4) is 0 Å². The summed E-state index contributed by atoms with van der Waals surface area (Å²) in [7, 11) is 5.57. The van der Waals surface area contributed by atoms with E-state index in [-0.39, 0.29) is 5.43 Å². The molecule has 1 aromatic heterocycles. The van der Waals surface area contributed by atoms with Gasteiger partial charge in [-0.25, -0.2) is 4.79 Å². The fourth-order valence-electron chi connectivity index (χ4n) is 3.70. The Morgan fingerprint density at radius 1 is 1.35 bits per heavy atom. The molecule has 0 amide bonds. The van der Waals surface area contributed by atoms with Gasteiger partial charge in [0.2, 0.25) is 0 Å². The van der Waals surface area contributed by atoms with E-state index in [1.165, 1.54) is 7.11 Å². The van der Waals surface area contributed by atoms with Gasteiger partial charge < -0.3 is 14.6 Å². The number of hydrogen-bond donors (Lipinski definition) is 1. The third kappa shape index (κ3) is 3.66. The molecule has 0 bridgehead atoms. The van der Waals surface area contributed by atoms with Gasteiger partial charge in [-0.3, -0.25) is 9.69 Å². The highest BCUT2D eigenvalue weighted by Crippen LogP contribution is 2.19. The topological polar surface area (TPSA) is 65.6 Å². The van der Waals surface area contributed by atoms with Crippen LogP contribution in [0.25, 0.3) is 10.9 Å². The number of H-pyrrole nitrogens is 1. The number of methoxy groups -OCH3 is 1. The molecule has 6 heteroatoms. The molecule has 0 unspecified atom stereocenters. The minimum Gasteiger partial charge on any atom is -0.465 e. The summed E-state index contributed by atoms with van der Waals surface area (Å²) in [5.74, 6) is -0.433. The van der Waals surface area contributed by atoms with Crippen molar-refractivity contribution in [1.29, 1.82) is 0 Å². The molecule has 0 spiro atoms. The van der Waals surface area contributed by atoms with E-state index < -0.39 is 5.97 Å². The van der Waals surface area contributed by atoms with Crippen LogP contribution < -0.4 is 5.43 Å². The lowest BCUT2D eigenvalue weighted by Crippen LogP contribution is -2.42. The Hall–Kier alpha value is -2.18. The van der Waals surface area contributed by atoms with Crippen LogP contribution in [0.3, 0.4) is 0 Å². The maximum atomic E-state index is 13.1. The van der Waals surface area contributed by atoms with E-state index in [0.29, 0.717) is 23.5 Å². The molecule has 2 heterocycles. The molecule has 1 saturated heterocycles. The number of aromatic nitrogens is 1. The summed E-state index contributed by atoms with van der Waals surface area (Å²) in [5, 5.41) is 0.533. The molecule has 1 N–H and O–H groups in total. The Labute approximate surface area is 153 Å². The number of ether oxygens (including phenoxy) is 1. The van der Waals surface area contributed by atoms with E-state index in [1.54, 1.807) is 18.2 Å². The number of aryl methyl sites for hydroxylation is 1. The second-order valence-corrected chi connectivity index (χ2v) is 7.26. The summed E-state index contributed by atoms with van der Waals surface area (Å²) in [6.07, 6.45) is 2.23. The van der Waals surface area contributed by atoms with Gasteiger partial charge in [0.1, 0.15) is 0 Å². The molecule has 1 aromatic carbocycles. The number of pyridine rings is 1. The minimum atomic E-state index is -0.433. The molecule has 1 aliphatic heterocycles. The largest absolute Gasteiger partial charge is 0.465 e. The molecule has 1 aliphatic rings. The number of piperidine rings is 1. The number of nitrogens with one attached hydrogen (secondary N) is 1. The summed E-state index contributed by atoms with van der Waals surface area (Å²) in [4.78, 5) is 32.8. The van der Waals surface area contributed by atoms with Crippen molar-refractivity contribution in [2.75, 3.05) is 34.3 Å². The Morgan fingerprint density at radius 2 is 2.04 bits per heavy atom. The zero-order chi connectivity index (χ0) is 18.8. The van der Waals surface area contributed by atoms with E-state index in [4.69, 9.17) is 4.74 Å². The second kappa shape index (κ2) is 7.60. The first kappa shape index (κ1) is 18.6. The molecular weight excluding hydrogens is 330 g/mol. The van der Waals surface area contributed by atoms with Gasteiger partial charge in [0.05, 0.1) is 12.7 Å². The molecule has 1 fully saturated rings. The molecule has 0 aliphatic carbocycles. The maximum Gasteiger partial charge on any atom is 0.337 e. The second-order valence-electron chi connectivity index (χ2n) is 7.26. The average molecular weight is 357 g/mol. The SMILES string of the molecule is COC(=O)c1ccc2[nH]c(C)c(CN(C)C3CCN(C)CC3)c(=O)c2c1. The van der Waals surface area contributed by atoms with Crippen LogP contribution in [0, 0.1) is 6.92 Å². The summed E-state index contributed by atoms with van der Waals surface area (Å²) in [6.45, 7) is 4.72. The van der Waals surface area contributed by atoms with Gasteiger partial charge in [0.25, 0.3) is 0 Å². The van der Waals surface area contributed by atoms with E-state index in [2.05, 4.69) is 28.9 Å². The van der Waals surface area contributed by atoms with Crippen molar-refractivity contribution in [1.82, 2.24) is 14.8 Å². The number of rotatable bonds is 4. The lowest BCUT2D eigenvalue weighted by Gasteiger charge is -2.35. The summed E-state index contributed by atoms with van der Waals surface area (Å²) in [5.41, 5.74) is 2.77. The van der Waals surface area contributed by atoms with Crippen molar-refractivity contribution in [2.24, 2.45) is 0 Å². The third-order valence-corrected chi connectivity index (χ3v) is 5.45. The Bertz CT molecular complexity index is 866. The zero-order valence-electron chi connectivity index (χ0n) is 16.0. The third-order valence-electron chi connectivity index (χ3n) is 5.45. The smallest absolute Gasteiger partial charge is 0.337 e.